The largest absolute Gasteiger partial charge is 0.385 e. The van der Waals surface area contributed by atoms with Gasteiger partial charge in [0.2, 0.25) is 10.0 Å². The Balaban J connectivity index is 2.17. The zero-order chi connectivity index (χ0) is 14.8. The van der Waals surface area contributed by atoms with Gasteiger partial charge in [-0.3, -0.25) is 0 Å². The number of rotatable bonds is 5. The molecule has 0 saturated carbocycles. The zero-order valence-electron chi connectivity index (χ0n) is 12.4. The second kappa shape index (κ2) is 6.14. The van der Waals surface area contributed by atoms with Gasteiger partial charge in [-0.05, 0) is 49.8 Å². The van der Waals surface area contributed by atoms with Gasteiger partial charge in [-0.25, -0.2) is 13.1 Å². The number of anilines is 1. The van der Waals surface area contributed by atoms with E-state index in [-0.39, 0.29) is 6.04 Å². The fourth-order valence-corrected chi connectivity index (χ4v) is 3.98. The molecule has 5 heteroatoms. The van der Waals surface area contributed by atoms with Gasteiger partial charge < -0.3 is 5.32 Å². The highest BCUT2D eigenvalue weighted by Gasteiger charge is 2.20. The molecule has 1 aromatic rings. The van der Waals surface area contributed by atoms with Gasteiger partial charge in [0.15, 0.2) is 0 Å². The van der Waals surface area contributed by atoms with Crippen LogP contribution in [0.3, 0.4) is 0 Å². The summed E-state index contributed by atoms with van der Waals surface area (Å²) in [6.45, 7) is 7.00. The molecule has 0 fully saturated rings. The van der Waals surface area contributed by atoms with Crippen LogP contribution in [0.5, 0.6) is 0 Å². The van der Waals surface area contributed by atoms with E-state index in [1.54, 1.807) is 12.1 Å². The number of benzene rings is 1. The summed E-state index contributed by atoms with van der Waals surface area (Å²) in [5.74, 6) is 0.470. The second-order valence-electron chi connectivity index (χ2n) is 6.00. The van der Waals surface area contributed by atoms with Gasteiger partial charge in [-0.15, -0.1) is 0 Å². The Kier molecular flexibility index (Phi) is 4.70. The van der Waals surface area contributed by atoms with Gasteiger partial charge in [0.05, 0.1) is 4.90 Å². The molecule has 20 heavy (non-hydrogen) atoms. The number of fused-ring (bicyclic) bond motifs is 1. The molecule has 0 aliphatic carbocycles. The van der Waals surface area contributed by atoms with E-state index < -0.39 is 10.0 Å². The third-order valence-electron chi connectivity index (χ3n) is 3.51. The summed E-state index contributed by atoms with van der Waals surface area (Å²) in [7, 11) is -3.43. The second-order valence-corrected chi connectivity index (χ2v) is 7.72. The topological polar surface area (TPSA) is 58.2 Å². The van der Waals surface area contributed by atoms with Crippen LogP contribution in [0.2, 0.25) is 0 Å². The van der Waals surface area contributed by atoms with Crippen LogP contribution in [0.1, 0.15) is 39.2 Å². The van der Waals surface area contributed by atoms with Crippen LogP contribution in [0.25, 0.3) is 0 Å². The third kappa shape index (κ3) is 3.73. The first-order valence-corrected chi connectivity index (χ1v) is 8.76. The number of sulfonamides is 1. The Bertz CT molecular complexity index is 567. The van der Waals surface area contributed by atoms with Crippen molar-refractivity contribution in [1.82, 2.24) is 4.72 Å². The van der Waals surface area contributed by atoms with Crippen molar-refractivity contribution in [2.75, 3.05) is 11.9 Å². The lowest BCUT2D eigenvalue weighted by Gasteiger charge is -2.20. The van der Waals surface area contributed by atoms with Crippen molar-refractivity contribution in [1.29, 1.82) is 0 Å². The van der Waals surface area contributed by atoms with E-state index in [9.17, 15) is 8.42 Å². The molecule has 1 aromatic carbocycles. The summed E-state index contributed by atoms with van der Waals surface area (Å²) in [6.07, 6.45) is 2.95. The van der Waals surface area contributed by atoms with Gasteiger partial charge in [-0.2, -0.15) is 0 Å². The molecule has 0 aromatic heterocycles. The van der Waals surface area contributed by atoms with Crippen LogP contribution in [0.15, 0.2) is 23.1 Å². The van der Waals surface area contributed by atoms with E-state index >= 15 is 0 Å². The van der Waals surface area contributed by atoms with Crippen molar-refractivity contribution in [2.24, 2.45) is 5.92 Å². The molecule has 2 rings (SSSR count). The predicted molar refractivity (Wildman–Crippen MR) is 82.5 cm³/mol. The molecule has 0 radical (unpaired) electrons. The fourth-order valence-electron chi connectivity index (χ4n) is 2.70. The molecule has 1 aliphatic heterocycles. The average molecular weight is 296 g/mol. The van der Waals surface area contributed by atoms with Crippen LogP contribution >= 0.6 is 0 Å². The summed E-state index contributed by atoms with van der Waals surface area (Å²) in [4.78, 5) is 0.348. The third-order valence-corrected chi connectivity index (χ3v) is 5.10. The fraction of sp³-hybridized carbons (Fsp3) is 0.600. The molecule has 1 aliphatic rings. The molecule has 1 atom stereocenters. The van der Waals surface area contributed by atoms with Crippen molar-refractivity contribution >= 4 is 15.7 Å². The van der Waals surface area contributed by atoms with Crippen LogP contribution in [0, 0.1) is 5.92 Å². The van der Waals surface area contributed by atoms with Crippen molar-refractivity contribution in [3.05, 3.63) is 23.8 Å². The Labute approximate surface area is 122 Å². The number of nitrogens with one attached hydrogen (secondary N) is 2. The van der Waals surface area contributed by atoms with Gasteiger partial charge in [0.1, 0.15) is 0 Å². The molecular weight excluding hydrogens is 272 g/mol. The van der Waals surface area contributed by atoms with Crippen LogP contribution in [-0.2, 0) is 16.4 Å². The minimum Gasteiger partial charge on any atom is -0.385 e. The first-order valence-electron chi connectivity index (χ1n) is 7.27. The Morgan fingerprint density at radius 1 is 1.30 bits per heavy atom. The monoisotopic (exact) mass is 296 g/mol. The van der Waals surface area contributed by atoms with Crippen molar-refractivity contribution in [3.8, 4) is 0 Å². The van der Waals surface area contributed by atoms with E-state index in [1.165, 1.54) is 5.56 Å². The molecular formula is C15H24N2O2S. The highest BCUT2D eigenvalue weighted by Crippen LogP contribution is 2.25. The van der Waals surface area contributed by atoms with Crippen LogP contribution < -0.4 is 10.0 Å². The lowest BCUT2D eigenvalue weighted by atomic mass is 10.0. The first kappa shape index (κ1) is 15.3. The lowest BCUT2D eigenvalue weighted by Crippen LogP contribution is -2.33. The Morgan fingerprint density at radius 2 is 2.05 bits per heavy atom. The first-order chi connectivity index (χ1) is 9.38. The SMILES string of the molecule is CC(C)CC(C)NS(=O)(=O)c1ccc2c(c1)NCCC2. The number of aryl methyl sites for hydroxylation is 1. The van der Waals surface area contributed by atoms with Crippen molar-refractivity contribution in [3.63, 3.8) is 0 Å². The van der Waals surface area contributed by atoms with Gasteiger partial charge in [0, 0.05) is 18.3 Å². The normalized spacial score (nSPS) is 16.6. The average Bonchev–Trinajstić information content (AvgIpc) is 2.36. The quantitative estimate of drug-likeness (QED) is 0.878. The maximum Gasteiger partial charge on any atom is 0.240 e. The minimum absolute atomic E-state index is 0.0519. The number of hydrogen-bond acceptors (Lipinski definition) is 3. The van der Waals surface area contributed by atoms with E-state index in [1.807, 2.05) is 13.0 Å². The minimum atomic E-state index is -3.43. The number of hydrogen-bond donors (Lipinski definition) is 2. The molecule has 0 amide bonds. The Hall–Kier alpha value is -1.07. The standard InChI is InChI=1S/C15H24N2O2S/c1-11(2)9-12(3)17-20(18,19)14-7-6-13-5-4-8-16-15(13)10-14/h6-7,10-12,16-17H,4-5,8-9H2,1-3H3. The molecule has 1 unspecified atom stereocenters. The molecule has 0 spiro atoms. The van der Waals surface area contributed by atoms with Gasteiger partial charge >= 0.3 is 0 Å². The van der Waals surface area contributed by atoms with Gasteiger partial charge in [-0.1, -0.05) is 19.9 Å². The van der Waals surface area contributed by atoms with E-state index in [4.69, 9.17) is 0 Å². The van der Waals surface area contributed by atoms with E-state index in [0.717, 1.165) is 31.5 Å². The highest BCUT2D eigenvalue weighted by atomic mass is 32.2. The highest BCUT2D eigenvalue weighted by molar-refractivity contribution is 7.89. The zero-order valence-corrected chi connectivity index (χ0v) is 13.3. The summed E-state index contributed by atoms with van der Waals surface area (Å²) in [6, 6.07) is 5.32. The summed E-state index contributed by atoms with van der Waals surface area (Å²) in [5, 5.41) is 3.27. The van der Waals surface area contributed by atoms with E-state index in [0.29, 0.717) is 10.8 Å². The maximum absolute atomic E-state index is 12.4. The lowest BCUT2D eigenvalue weighted by molar-refractivity contribution is 0.482. The van der Waals surface area contributed by atoms with Gasteiger partial charge in [0.25, 0.3) is 0 Å². The molecule has 4 nitrogen and oxygen atoms in total. The molecule has 1 heterocycles. The smallest absolute Gasteiger partial charge is 0.240 e. The Morgan fingerprint density at radius 3 is 2.75 bits per heavy atom. The summed E-state index contributed by atoms with van der Waals surface area (Å²) >= 11 is 0. The molecule has 112 valence electrons. The molecule has 0 saturated heterocycles. The molecule has 0 bridgehead atoms. The predicted octanol–water partition coefficient (Wildman–Crippen LogP) is 2.76. The molecule has 2 N–H and O–H groups in total. The summed E-state index contributed by atoms with van der Waals surface area (Å²) < 4.78 is 27.5. The van der Waals surface area contributed by atoms with Crippen molar-refractivity contribution in [2.45, 2.75) is 51.0 Å². The van der Waals surface area contributed by atoms with E-state index in [2.05, 4.69) is 23.9 Å². The van der Waals surface area contributed by atoms with Crippen molar-refractivity contribution < 1.29 is 8.42 Å². The van der Waals surface area contributed by atoms with Crippen LogP contribution in [0.4, 0.5) is 5.69 Å². The van der Waals surface area contributed by atoms with Crippen LogP contribution in [-0.4, -0.2) is 21.0 Å². The summed E-state index contributed by atoms with van der Waals surface area (Å²) in [5.41, 5.74) is 2.15. The maximum atomic E-state index is 12.4.